The van der Waals surface area contributed by atoms with Gasteiger partial charge in [-0.1, -0.05) is 18.2 Å². The number of benzene rings is 2. The van der Waals surface area contributed by atoms with E-state index >= 15 is 0 Å². The van der Waals surface area contributed by atoms with Crippen LogP contribution in [0, 0.1) is 0 Å². The van der Waals surface area contributed by atoms with Gasteiger partial charge in [-0.15, -0.1) is 23.4 Å². The molecular formula is C16H17ClO2S. The van der Waals surface area contributed by atoms with Crippen molar-refractivity contribution in [2.24, 2.45) is 0 Å². The molecule has 0 aliphatic heterocycles. The predicted octanol–water partition coefficient (Wildman–Crippen LogP) is 4.61. The summed E-state index contributed by atoms with van der Waals surface area (Å²) in [5.41, 5.74) is 0.954. The van der Waals surface area contributed by atoms with Crippen LogP contribution in [0.3, 0.4) is 0 Å². The first-order chi connectivity index (χ1) is 9.83. The second kappa shape index (κ2) is 8.08. The van der Waals surface area contributed by atoms with Gasteiger partial charge in [0.05, 0.1) is 19.6 Å². The van der Waals surface area contributed by atoms with Crippen molar-refractivity contribution in [3.8, 4) is 11.5 Å². The smallest absolute Gasteiger partial charge is 0.124 e. The summed E-state index contributed by atoms with van der Waals surface area (Å²) in [6.45, 7) is 0.649. The molecule has 2 rings (SSSR count). The number of methoxy groups -OCH3 is 1. The first-order valence-electron chi connectivity index (χ1n) is 6.37. The summed E-state index contributed by atoms with van der Waals surface area (Å²) in [6, 6.07) is 16.0. The van der Waals surface area contributed by atoms with E-state index in [9.17, 15) is 0 Å². The number of rotatable bonds is 7. The largest absolute Gasteiger partial charge is 0.497 e. The van der Waals surface area contributed by atoms with Gasteiger partial charge < -0.3 is 9.47 Å². The third-order valence-electron chi connectivity index (χ3n) is 2.76. The van der Waals surface area contributed by atoms with Gasteiger partial charge in [-0.3, -0.25) is 0 Å². The van der Waals surface area contributed by atoms with Gasteiger partial charge in [0.15, 0.2) is 0 Å². The first kappa shape index (κ1) is 15.1. The normalized spacial score (nSPS) is 10.3. The summed E-state index contributed by atoms with van der Waals surface area (Å²) in [4.78, 5) is 1.25. The minimum atomic E-state index is 0.415. The SMILES string of the molecule is COc1ccc(OCCSc2ccccc2)c(CCl)c1. The van der Waals surface area contributed by atoms with Crippen molar-refractivity contribution >= 4 is 23.4 Å². The third kappa shape index (κ3) is 4.36. The van der Waals surface area contributed by atoms with E-state index in [4.69, 9.17) is 21.1 Å². The minimum Gasteiger partial charge on any atom is -0.497 e. The number of halogens is 1. The highest BCUT2D eigenvalue weighted by atomic mass is 35.5. The number of hydrogen-bond donors (Lipinski definition) is 0. The highest BCUT2D eigenvalue weighted by molar-refractivity contribution is 7.99. The quantitative estimate of drug-likeness (QED) is 0.423. The van der Waals surface area contributed by atoms with E-state index in [1.165, 1.54) is 4.90 Å². The molecule has 0 saturated heterocycles. The Balaban J connectivity index is 1.85. The van der Waals surface area contributed by atoms with E-state index < -0.39 is 0 Å². The molecule has 0 bridgehead atoms. The molecular weight excluding hydrogens is 292 g/mol. The molecule has 2 aromatic rings. The number of ether oxygens (including phenoxy) is 2. The lowest BCUT2D eigenvalue weighted by Crippen LogP contribution is -2.02. The lowest BCUT2D eigenvalue weighted by atomic mass is 10.2. The number of alkyl halides is 1. The van der Waals surface area contributed by atoms with Crippen LogP contribution in [0.2, 0.25) is 0 Å². The second-order valence-electron chi connectivity index (χ2n) is 4.12. The molecule has 0 fully saturated rings. The van der Waals surface area contributed by atoms with Gasteiger partial charge >= 0.3 is 0 Å². The van der Waals surface area contributed by atoms with Gasteiger partial charge in [0, 0.05) is 16.2 Å². The van der Waals surface area contributed by atoms with Crippen LogP contribution >= 0.6 is 23.4 Å². The predicted molar refractivity (Wildman–Crippen MR) is 85.2 cm³/mol. The van der Waals surface area contributed by atoms with Crippen LogP contribution in [0.4, 0.5) is 0 Å². The number of hydrogen-bond acceptors (Lipinski definition) is 3. The lowest BCUT2D eigenvalue weighted by molar-refractivity contribution is 0.339. The molecule has 0 aliphatic rings. The summed E-state index contributed by atoms with van der Waals surface area (Å²) in [5, 5.41) is 0. The van der Waals surface area contributed by atoms with Gasteiger partial charge in [-0.25, -0.2) is 0 Å². The van der Waals surface area contributed by atoms with Crippen LogP contribution in [0.15, 0.2) is 53.4 Å². The van der Waals surface area contributed by atoms with Gasteiger partial charge in [0.25, 0.3) is 0 Å². The zero-order chi connectivity index (χ0) is 14.2. The fourth-order valence-electron chi connectivity index (χ4n) is 1.76. The molecule has 0 spiro atoms. The zero-order valence-corrected chi connectivity index (χ0v) is 12.9. The second-order valence-corrected chi connectivity index (χ2v) is 5.55. The Bertz CT molecular complexity index is 531. The van der Waals surface area contributed by atoms with Gasteiger partial charge in [-0.05, 0) is 30.3 Å². The highest BCUT2D eigenvalue weighted by Gasteiger charge is 2.05. The molecule has 0 aromatic heterocycles. The Labute approximate surface area is 129 Å². The Hall–Kier alpha value is -1.32. The van der Waals surface area contributed by atoms with Crippen molar-refractivity contribution in [3.63, 3.8) is 0 Å². The molecule has 106 valence electrons. The maximum absolute atomic E-state index is 5.93. The van der Waals surface area contributed by atoms with E-state index in [-0.39, 0.29) is 0 Å². The van der Waals surface area contributed by atoms with Crippen LogP contribution in [0.1, 0.15) is 5.56 Å². The van der Waals surface area contributed by atoms with E-state index in [2.05, 4.69) is 12.1 Å². The molecule has 0 radical (unpaired) electrons. The zero-order valence-electron chi connectivity index (χ0n) is 11.3. The molecule has 0 saturated carbocycles. The maximum atomic E-state index is 5.93. The average Bonchev–Trinajstić information content (AvgIpc) is 2.52. The summed E-state index contributed by atoms with van der Waals surface area (Å²) >= 11 is 7.71. The summed E-state index contributed by atoms with van der Waals surface area (Å²) in [7, 11) is 1.64. The molecule has 0 aliphatic carbocycles. The fraction of sp³-hybridized carbons (Fsp3) is 0.250. The molecule has 0 atom stereocenters. The number of thioether (sulfide) groups is 1. The summed E-state index contributed by atoms with van der Waals surface area (Å²) < 4.78 is 11.0. The highest BCUT2D eigenvalue weighted by Crippen LogP contribution is 2.26. The summed E-state index contributed by atoms with van der Waals surface area (Å²) in [5.74, 6) is 2.94. The molecule has 0 unspecified atom stereocenters. The maximum Gasteiger partial charge on any atom is 0.124 e. The Morgan fingerprint density at radius 2 is 1.90 bits per heavy atom. The van der Waals surface area contributed by atoms with Crippen molar-refractivity contribution in [2.75, 3.05) is 19.5 Å². The van der Waals surface area contributed by atoms with Crippen molar-refractivity contribution < 1.29 is 9.47 Å². The summed E-state index contributed by atoms with van der Waals surface area (Å²) in [6.07, 6.45) is 0. The first-order valence-corrected chi connectivity index (χ1v) is 7.89. The van der Waals surface area contributed by atoms with Crippen molar-refractivity contribution in [1.82, 2.24) is 0 Å². The minimum absolute atomic E-state index is 0.415. The fourth-order valence-corrected chi connectivity index (χ4v) is 2.72. The van der Waals surface area contributed by atoms with Crippen molar-refractivity contribution in [2.45, 2.75) is 10.8 Å². The molecule has 0 N–H and O–H groups in total. The van der Waals surface area contributed by atoms with Crippen molar-refractivity contribution in [1.29, 1.82) is 0 Å². The van der Waals surface area contributed by atoms with E-state index in [0.717, 1.165) is 22.8 Å². The van der Waals surface area contributed by atoms with E-state index in [1.807, 2.05) is 36.4 Å². The Morgan fingerprint density at radius 3 is 2.60 bits per heavy atom. The third-order valence-corrected chi connectivity index (χ3v) is 4.03. The van der Waals surface area contributed by atoms with Crippen LogP contribution in [-0.2, 0) is 5.88 Å². The molecule has 2 aromatic carbocycles. The topological polar surface area (TPSA) is 18.5 Å². The molecule has 20 heavy (non-hydrogen) atoms. The standard InChI is InChI=1S/C16H17ClO2S/c1-18-14-7-8-16(13(11-14)12-17)19-9-10-20-15-5-3-2-4-6-15/h2-8,11H,9-10,12H2,1H3. The van der Waals surface area contributed by atoms with Gasteiger partial charge in [0.2, 0.25) is 0 Å². The van der Waals surface area contributed by atoms with E-state index in [1.54, 1.807) is 18.9 Å². The lowest BCUT2D eigenvalue weighted by Gasteiger charge is -2.11. The van der Waals surface area contributed by atoms with E-state index in [0.29, 0.717) is 12.5 Å². The van der Waals surface area contributed by atoms with Crippen molar-refractivity contribution in [3.05, 3.63) is 54.1 Å². The van der Waals surface area contributed by atoms with Crippen LogP contribution in [0.5, 0.6) is 11.5 Å². The van der Waals surface area contributed by atoms with Crippen LogP contribution in [-0.4, -0.2) is 19.5 Å². The van der Waals surface area contributed by atoms with Gasteiger partial charge in [0.1, 0.15) is 11.5 Å². The monoisotopic (exact) mass is 308 g/mol. The Morgan fingerprint density at radius 1 is 1.10 bits per heavy atom. The average molecular weight is 309 g/mol. The Kier molecular flexibility index (Phi) is 6.09. The molecule has 4 heteroatoms. The molecule has 2 nitrogen and oxygen atoms in total. The molecule has 0 amide bonds. The molecule has 0 heterocycles. The van der Waals surface area contributed by atoms with Gasteiger partial charge in [-0.2, -0.15) is 0 Å². The van der Waals surface area contributed by atoms with Crippen LogP contribution in [0.25, 0.3) is 0 Å². The van der Waals surface area contributed by atoms with Crippen LogP contribution < -0.4 is 9.47 Å².